The molecule has 1 N–H and O–H groups in total. The standard InChI is InChI=1S/C9H6N4O2S/c14-8(15)6-4-10-5-7(13-6)16-9-11-2-1-3-12-9/h1-5H,(H,14,15). The van der Waals surface area contributed by atoms with Crippen LogP contribution < -0.4 is 0 Å². The lowest BCUT2D eigenvalue weighted by Gasteiger charge is -1.98. The zero-order valence-corrected chi connectivity index (χ0v) is 8.76. The first-order chi connectivity index (χ1) is 7.75. The molecule has 0 bridgehead atoms. The summed E-state index contributed by atoms with van der Waals surface area (Å²) in [5, 5.41) is 9.68. The summed E-state index contributed by atoms with van der Waals surface area (Å²) in [4.78, 5) is 26.3. The number of rotatable bonds is 3. The number of carbonyl (C=O) groups is 1. The van der Waals surface area contributed by atoms with E-state index < -0.39 is 5.97 Å². The van der Waals surface area contributed by atoms with Crippen LogP contribution in [-0.2, 0) is 0 Å². The van der Waals surface area contributed by atoms with Crippen molar-refractivity contribution in [3.8, 4) is 0 Å². The van der Waals surface area contributed by atoms with Crippen LogP contribution in [0.3, 0.4) is 0 Å². The highest BCUT2D eigenvalue weighted by atomic mass is 32.2. The number of hydrogen-bond acceptors (Lipinski definition) is 6. The minimum absolute atomic E-state index is 0.0964. The van der Waals surface area contributed by atoms with Gasteiger partial charge in [-0.3, -0.25) is 4.98 Å². The molecule has 80 valence electrons. The molecule has 0 amide bonds. The van der Waals surface area contributed by atoms with E-state index in [0.29, 0.717) is 10.2 Å². The monoisotopic (exact) mass is 234 g/mol. The molecule has 0 atom stereocenters. The Bertz CT molecular complexity index is 506. The van der Waals surface area contributed by atoms with Gasteiger partial charge in [0.05, 0.1) is 12.4 Å². The van der Waals surface area contributed by atoms with Crippen molar-refractivity contribution in [2.75, 3.05) is 0 Å². The van der Waals surface area contributed by atoms with Crippen LogP contribution in [0.5, 0.6) is 0 Å². The van der Waals surface area contributed by atoms with Gasteiger partial charge in [-0.05, 0) is 17.8 Å². The van der Waals surface area contributed by atoms with Gasteiger partial charge in [0, 0.05) is 12.4 Å². The van der Waals surface area contributed by atoms with Gasteiger partial charge < -0.3 is 5.11 Å². The van der Waals surface area contributed by atoms with Gasteiger partial charge in [0.25, 0.3) is 0 Å². The number of aromatic carboxylic acids is 1. The van der Waals surface area contributed by atoms with E-state index in [2.05, 4.69) is 19.9 Å². The lowest BCUT2D eigenvalue weighted by atomic mass is 10.5. The Morgan fingerprint density at radius 2 is 2.00 bits per heavy atom. The van der Waals surface area contributed by atoms with Crippen LogP contribution in [0.4, 0.5) is 0 Å². The van der Waals surface area contributed by atoms with Crippen molar-refractivity contribution in [1.82, 2.24) is 19.9 Å². The molecule has 0 aliphatic rings. The second kappa shape index (κ2) is 4.67. The maximum atomic E-state index is 10.7. The summed E-state index contributed by atoms with van der Waals surface area (Å²) in [7, 11) is 0. The van der Waals surface area contributed by atoms with Gasteiger partial charge in [0.2, 0.25) is 0 Å². The Hall–Kier alpha value is -2.02. The highest BCUT2D eigenvalue weighted by molar-refractivity contribution is 7.99. The zero-order chi connectivity index (χ0) is 11.4. The van der Waals surface area contributed by atoms with E-state index in [1.54, 1.807) is 18.5 Å². The first-order valence-corrected chi connectivity index (χ1v) is 5.07. The number of hydrogen-bond donors (Lipinski definition) is 1. The lowest BCUT2D eigenvalue weighted by Crippen LogP contribution is -2.01. The Balaban J connectivity index is 2.22. The zero-order valence-electron chi connectivity index (χ0n) is 7.94. The molecule has 2 aromatic rings. The fourth-order valence-electron chi connectivity index (χ4n) is 0.932. The number of aromatic nitrogens is 4. The van der Waals surface area contributed by atoms with Crippen molar-refractivity contribution in [1.29, 1.82) is 0 Å². The van der Waals surface area contributed by atoms with Gasteiger partial charge in [-0.1, -0.05) is 0 Å². The third-order valence-electron chi connectivity index (χ3n) is 1.57. The summed E-state index contributed by atoms with van der Waals surface area (Å²) in [5.41, 5.74) is -0.0964. The van der Waals surface area contributed by atoms with Gasteiger partial charge in [-0.2, -0.15) is 0 Å². The molecule has 0 saturated heterocycles. The Morgan fingerprint density at radius 1 is 1.25 bits per heavy atom. The van der Waals surface area contributed by atoms with E-state index in [1.165, 1.54) is 12.4 Å². The third kappa shape index (κ3) is 2.51. The average molecular weight is 234 g/mol. The lowest BCUT2D eigenvalue weighted by molar-refractivity contribution is 0.0689. The molecule has 0 unspecified atom stereocenters. The van der Waals surface area contributed by atoms with Crippen LogP contribution in [0.15, 0.2) is 41.0 Å². The maximum absolute atomic E-state index is 10.7. The largest absolute Gasteiger partial charge is 0.476 e. The van der Waals surface area contributed by atoms with Crippen LogP contribution in [0.25, 0.3) is 0 Å². The molecule has 0 fully saturated rings. The third-order valence-corrected chi connectivity index (χ3v) is 2.37. The molecular weight excluding hydrogens is 228 g/mol. The van der Waals surface area contributed by atoms with Crippen molar-refractivity contribution in [2.24, 2.45) is 0 Å². The van der Waals surface area contributed by atoms with Crippen molar-refractivity contribution in [2.45, 2.75) is 10.2 Å². The van der Waals surface area contributed by atoms with Gasteiger partial charge in [-0.15, -0.1) is 0 Å². The van der Waals surface area contributed by atoms with E-state index in [0.717, 1.165) is 11.8 Å². The predicted molar refractivity (Wildman–Crippen MR) is 55.1 cm³/mol. The molecular formula is C9H6N4O2S. The Labute approximate surface area is 94.8 Å². The molecule has 7 heteroatoms. The van der Waals surface area contributed by atoms with Gasteiger partial charge >= 0.3 is 5.97 Å². The summed E-state index contributed by atoms with van der Waals surface area (Å²) in [5.74, 6) is -1.11. The van der Waals surface area contributed by atoms with E-state index in [4.69, 9.17) is 5.11 Å². The molecule has 0 aliphatic carbocycles. The number of carboxylic acid groups (broad SMARTS) is 1. The highest BCUT2D eigenvalue weighted by Crippen LogP contribution is 2.20. The first-order valence-electron chi connectivity index (χ1n) is 4.26. The summed E-state index contributed by atoms with van der Waals surface area (Å²) >= 11 is 1.16. The second-order valence-electron chi connectivity index (χ2n) is 2.68. The SMILES string of the molecule is O=C(O)c1cncc(Sc2ncccn2)n1. The van der Waals surface area contributed by atoms with Crippen LogP contribution in [-0.4, -0.2) is 31.0 Å². The molecule has 6 nitrogen and oxygen atoms in total. The summed E-state index contributed by atoms with van der Waals surface area (Å²) < 4.78 is 0. The van der Waals surface area contributed by atoms with Gasteiger partial charge in [-0.25, -0.2) is 19.7 Å². The van der Waals surface area contributed by atoms with Gasteiger partial charge in [0.15, 0.2) is 10.9 Å². The highest BCUT2D eigenvalue weighted by Gasteiger charge is 2.07. The molecule has 0 aliphatic heterocycles. The molecule has 0 spiro atoms. The van der Waals surface area contributed by atoms with Gasteiger partial charge in [0.1, 0.15) is 5.03 Å². The first kappa shape index (κ1) is 10.5. The second-order valence-corrected chi connectivity index (χ2v) is 3.67. The molecule has 0 aromatic carbocycles. The summed E-state index contributed by atoms with van der Waals surface area (Å²) in [6, 6.07) is 1.70. The summed E-state index contributed by atoms with van der Waals surface area (Å²) in [6.07, 6.45) is 5.86. The smallest absolute Gasteiger partial charge is 0.356 e. The molecule has 2 rings (SSSR count). The molecule has 2 heterocycles. The normalized spacial score (nSPS) is 10.0. The van der Waals surface area contributed by atoms with E-state index in [-0.39, 0.29) is 5.69 Å². The van der Waals surface area contributed by atoms with Crippen LogP contribution >= 0.6 is 11.8 Å². The molecule has 16 heavy (non-hydrogen) atoms. The van der Waals surface area contributed by atoms with Crippen molar-refractivity contribution < 1.29 is 9.90 Å². The maximum Gasteiger partial charge on any atom is 0.356 e. The van der Waals surface area contributed by atoms with Crippen molar-refractivity contribution in [3.63, 3.8) is 0 Å². The van der Waals surface area contributed by atoms with Crippen LogP contribution in [0.2, 0.25) is 0 Å². The van der Waals surface area contributed by atoms with E-state index >= 15 is 0 Å². The quantitative estimate of drug-likeness (QED) is 0.796. The summed E-state index contributed by atoms with van der Waals surface area (Å²) in [6.45, 7) is 0. The average Bonchev–Trinajstić information content (AvgIpc) is 2.30. The predicted octanol–water partition coefficient (Wildman–Crippen LogP) is 1.12. The number of carboxylic acids is 1. The fraction of sp³-hybridized carbons (Fsp3) is 0. The van der Waals surface area contributed by atoms with E-state index in [9.17, 15) is 4.79 Å². The molecule has 2 aromatic heterocycles. The molecule has 0 radical (unpaired) electrons. The van der Waals surface area contributed by atoms with Crippen molar-refractivity contribution in [3.05, 3.63) is 36.5 Å². The van der Waals surface area contributed by atoms with E-state index in [1.807, 2.05) is 0 Å². The van der Waals surface area contributed by atoms with Crippen LogP contribution in [0.1, 0.15) is 10.5 Å². The van der Waals surface area contributed by atoms with Crippen LogP contribution in [0, 0.1) is 0 Å². The Kier molecular flexibility index (Phi) is 3.06. The topological polar surface area (TPSA) is 88.9 Å². The molecule has 0 saturated carbocycles. The minimum Gasteiger partial charge on any atom is -0.476 e. The minimum atomic E-state index is -1.11. The Morgan fingerprint density at radius 3 is 2.69 bits per heavy atom. The number of nitrogens with zero attached hydrogens (tertiary/aromatic N) is 4. The van der Waals surface area contributed by atoms with Crippen molar-refractivity contribution >= 4 is 17.7 Å². The fourth-order valence-corrected chi connectivity index (χ4v) is 1.60.